The Balaban J connectivity index is 2.12. The van der Waals surface area contributed by atoms with E-state index in [4.69, 9.17) is 0 Å². The van der Waals surface area contributed by atoms with Crippen molar-refractivity contribution in [3.8, 4) is 6.07 Å². The molecular formula is C17H22N2O3S. The van der Waals surface area contributed by atoms with Crippen LogP contribution in [0, 0.1) is 30.6 Å². The van der Waals surface area contributed by atoms with Crippen LogP contribution in [0.2, 0.25) is 0 Å². The van der Waals surface area contributed by atoms with Gasteiger partial charge in [-0.25, -0.2) is 0 Å². The number of aliphatic carboxylic acids is 1. The molecule has 0 atom stereocenters. The van der Waals surface area contributed by atoms with E-state index in [2.05, 4.69) is 11.4 Å². The highest BCUT2D eigenvalue weighted by Crippen LogP contribution is 2.43. The average molecular weight is 334 g/mol. The molecule has 23 heavy (non-hydrogen) atoms. The summed E-state index contributed by atoms with van der Waals surface area (Å²) in [7, 11) is 0. The molecule has 0 radical (unpaired) electrons. The second-order valence-electron chi connectivity index (χ2n) is 6.46. The van der Waals surface area contributed by atoms with E-state index in [0.717, 1.165) is 42.5 Å². The largest absolute Gasteiger partial charge is 0.481 e. The maximum Gasteiger partial charge on any atom is 0.303 e. The van der Waals surface area contributed by atoms with E-state index in [1.54, 1.807) is 0 Å². The van der Waals surface area contributed by atoms with Gasteiger partial charge in [0, 0.05) is 11.3 Å². The number of carboxylic acid groups (broad SMARTS) is 1. The van der Waals surface area contributed by atoms with Crippen LogP contribution in [0.25, 0.3) is 0 Å². The first-order chi connectivity index (χ1) is 10.9. The number of amides is 1. The Morgan fingerprint density at radius 3 is 2.48 bits per heavy atom. The van der Waals surface area contributed by atoms with Crippen molar-refractivity contribution in [3.63, 3.8) is 0 Å². The lowest BCUT2D eigenvalue weighted by Crippen LogP contribution is -2.32. The van der Waals surface area contributed by atoms with Gasteiger partial charge in [-0.1, -0.05) is 19.3 Å². The first-order valence-electron chi connectivity index (χ1n) is 7.89. The summed E-state index contributed by atoms with van der Waals surface area (Å²) in [5.41, 5.74) is 0.963. The quantitative estimate of drug-likeness (QED) is 0.852. The summed E-state index contributed by atoms with van der Waals surface area (Å²) in [4.78, 5) is 24.6. The number of thiophene rings is 1. The molecule has 6 heteroatoms. The fraction of sp³-hybridized carbons (Fsp3) is 0.588. The molecule has 0 unspecified atom stereocenters. The zero-order valence-corrected chi connectivity index (χ0v) is 14.4. The van der Waals surface area contributed by atoms with E-state index >= 15 is 0 Å². The Bertz CT molecular complexity index is 652. The summed E-state index contributed by atoms with van der Waals surface area (Å²) >= 11 is 1.40. The van der Waals surface area contributed by atoms with E-state index in [1.165, 1.54) is 11.3 Å². The Hall–Kier alpha value is -1.87. The molecule has 0 bridgehead atoms. The Morgan fingerprint density at radius 1 is 1.26 bits per heavy atom. The highest BCUT2D eigenvalue weighted by atomic mass is 32.1. The zero-order valence-electron chi connectivity index (χ0n) is 13.6. The lowest BCUT2D eigenvalue weighted by Gasteiger charge is -2.35. The first kappa shape index (κ1) is 17.5. The maximum absolute atomic E-state index is 12.4. The number of nitriles is 1. The number of carbonyl (C=O) groups is 2. The van der Waals surface area contributed by atoms with Gasteiger partial charge in [0.05, 0.1) is 12.0 Å². The predicted molar refractivity (Wildman–Crippen MR) is 89.5 cm³/mol. The molecule has 0 aromatic carbocycles. The third kappa shape index (κ3) is 4.11. The van der Waals surface area contributed by atoms with E-state index in [9.17, 15) is 20.0 Å². The van der Waals surface area contributed by atoms with E-state index in [0.29, 0.717) is 10.6 Å². The molecule has 1 amide bonds. The van der Waals surface area contributed by atoms with E-state index < -0.39 is 11.4 Å². The van der Waals surface area contributed by atoms with Crippen LogP contribution in [-0.2, 0) is 9.59 Å². The van der Waals surface area contributed by atoms with Gasteiger partial charge in [-0.3, -0.25) is 9.59 Å². The van der Waals surface area contributed by atoms with Crippen LogP contribution < -0.4 is 5.32 Å². The van der Waals surface area contributed by atoms with Gasteiger partial charge < -0.3 is 10.4 Å². The molecule has 1 fully saturated rings. The Labute approximate surface area is 140 Å². The topological polar surface area (TPSA) is 90.2 Å². The predicted octanol–water partition coefficient (Wildman–Crippen LogP) is 3.99. The van der Waals surface area contributed by atoms with Gasteiger partial charge in [0.1, 0.15) is 11.1 Å². The second kappa shape index (κ2) is 7.14. The number of aryl methyl sites for hydroxylation is 1. The van der Waals surface area contributed by atoms with Crippen molar-refractivity contribution in [3.05, 3.63) is 16.0 Å². The van der Waals surface area contributed by atoms with Crippen LogP contribution in [0.1, 0.15) is 60.9 Å². The summed E-state index contributed by atoms with van der Waals surface area (Å²) in [6, 6.07) is 2.14. The van der Waals surface area contributed by atoms with Crippen molar-refractivity contribution in [1.82, 2.24) is 0 Å². The number of nitrogens with zero attached hydrogens (tertiary/aromatic N) is 1. The van der Waals surface area contributed by atoms with Gasteiger partial charge in [0.2, 0.25) is 5.91 Å². The summed E-state index contributed by atoms with van der Waals surface area (Å²) in [5.74, 6) is -1.04. The van der Waals surface area contributed by atoms with Gasteiger partial charge in [0.25, 0.3) is 0 Å². The lowest BCUT2D eigenvalue weighted by molar-refractivity contribution is -0.140. The number of hydrogen-bond acceptors (Lipinski definition) is 4. The SMILES string of the molecule is Cc1sc(NC(=O)CC2(CC(=O)O)CCCCC2)c(C#N)c1C. The normalized spacial score (nSPS) is 16.6. The lowest BCUT2D eigenvalue weighted by atomic mass is 9.69. The summed E-state index contributed by atoms with van der Waals surface area (Å²) < 4.78 is 0. The molecule has 1 aromatic rings. The van der Waals surface area contributed by atoms with Crippen molar-refractivity contribution in [1.29, 1.82) is 5.26 Å². The van der Waals surface area contributed by atoms with Crippen molar-refractivity contribution in [2.75, 3.05) is 5.32 Å². The first-order valence-corrected chi connectivity index (χ1v) is 8.70. The molecule has 5 nitrogen and oxygen atoms in total. The van der Waals surface area contributed by atoms with Crippen LogP contribution in [0.4, 0.5) is 5.00 Å². The fourth-order valence-corrected chi connectivity index (χ4v) is 4.43. The number of hydrogen-bond donors (Lipinski definition) is 2. The van der Waals surface area contributed by atoms with Crippen LogP contribution in [0.3, 0.4) is 0 Å². The van der Waals surface area contributed by atoms with Gasteiger partial charge in [-0.2, -0.15) is 5.26 Å². The van der Waals surface area contributed by atoms with Crippen LogP contribution in [0.5, 0.6) is 0 Å². The Kier molecular flexibility index (Phi) is 5.42. The van der Waals surface area contributed by atoms with Crippen molar-refractivity contribution in [2.24, 2.45) is 5.41 Å². The van der Waals surface area contributed by atoms with Gasteiger partial charge in [0.15, 0.2) is 0 Å². The van der Waals surface area contributed by atoms with Gasteiger partial charge in [-0.05, 0) is 37.7 Å². The number of carboxylic acids is 1. The number of carbonyl (C=O) groups excluding carboxylic acids is 1. The minimum absolute atomic E-state index is 0.0357. The minimum Gasteiger partial charge on any atom is -0.481 e. The van der Waals surface area contributed by atoms with Crippen LogP contribution >= 0.6 is 11.3 Å². The third-order valence-corrected chi connectivity index (χ3v) is 5.85. The maximum atomic E-state index is 12.4. The highest BCUT2D eigenvalue weighted by molar-refractivity contribution is 7.16. The minimum atomic E-state index is -0.847. The highest BCUT2D eigenvalue weighted by Gasteiger charge is 2.36. The summed E-state index contributed by atoms with van der Waals surface area (Å²) in [5, 5.41) is 21.8. The molecule has 124 valence electrons. The number of rotatable bonds is 5. The molecule has 1 aliphatic carbocycles. The van der Waals surface area contributed by atoms with Crippen molar-refractivity contribution >= 4 is 28.2 Å². The summed E-state index contributed by atoms with van der Waals surface area (Å²) in [6.07, 6.45) is 4.85. The van der Waals surface area contributed by atoms with Gasteiger partial charge >= 0.3 is 5.97 Å². The molecule has 1 saturated carbocycles. The van der Waals surface area contributed by atoms with Gasteiger partial charge in [-0.15, -0.1) is 11.3 Å². The third-order valence-electron chi connectivity index (χ3n) is 4.73. The molecule has 1 aliphatic rings. The molecule has 0 aliphatic heterocycles. The van der Waals surface area contributed by atoms with Crippen molar-refractivity contribution < 1.29 is 14.7 Å². The van der Waals surface area contributed by atoms with Crippen LogP contribution in [-0.4, -0.2) is 17.0 Å². The molecule has 0 saturated heterocycles. The van der Waals surface area contributed by atoms with Crippen molar-refractivity contribution in [2.45, 2.75) is 58.8 Å². The smallest absolute Gasteiger partial charge is 0.303 e. The standard InChI is InChI=1S/C17H22N2O3S/c1-11-12(2)23-16(13(11)10-18)19-14(20)8-17(9-15(21)22)6-4-3-5-7-17/h3-9H2,1-2H3,(H,19,20)(H,21,22). The van der Waals surface area contributed by atoms with E-state index in [-0.39, 0.29) is 18.7 Å². The Morgan fingerprint density at radius 2 is 1.91 bits per heavy atom. The zero-order chi connectivity index (χ0) is 17.0. The molecule has 0 spiro atoms. The molecule has 1 aromatic heterocycles. The van der Waals surface area contributed by atoms with E-state index in [1.807, 2.05) is 13.8 Å². The average Bonchev–Trinajstić information content (AvgIpc) is 2.72. The van der Waals surface area contributed by atoms with Crippen LogP contribution in [0.15, 0.2) is 0 Å². The molecule has 2 N–H and O–H groups in total. The number of nitrogens with one attached hydrogen (secondary N) is 1. The molecular weight excluding hydrogens is 312 g/mol. The second-order valence-corrected chi connectivity index (χ2v) is 7.68. The molecule has 1 heterocycles. The monoisotopic (exact) mass is 334 g/mol. The number of anilines is 1. The fourth-order valence-electron chi connectivity index (χ4n) is 3.40. The summed E-state index contributed by atoms with van der Waals surface area (Å²) in [6.45, 7) is 3.79. The molecule has 2 rings (SSSR count).